The topological polar surface area (TPSA) is 57.5 Å². The van der Waals surface area contributed by atoms with Crippen LogP contribution in [-0.4, -0.2) is 22.3 Å². The molecule has 224 valence electrons. The molecule has 4 heteroatoms. The molecule has 6 rings (SSSR count). The molecule has 2 N–H and O–H groups in total. The summed E-state index contributed by atoms with van der Waals surface area (Å²) in [7, 11) is 0. The molecule has 5 fully saturated rings. The molecule has 10 atom stereocenters. The summed E-state index contributed by atoms with van der Waals surface area (Å²) in [6.45, 7) is 17.0. The van der Waals surface area contributed by atoms with E-state index in [0.717, 1.165) is 50.5 Å². The highest BCUT2D eigenvalue weighted by Crippen LogP contribution is 2.77. The molecule has 0 unspecified atom stereocenters. The number of aliphatic hydroxyl groups excluding tert-OH is 1. The molecule has 0 radical (unpaired) electrons. The van der Waals surface area contributed by atoms with E-state index in [1.165, 1.54) is 28.4 Å². The molecule has 0 spiro atoms. The zero-order valence-corrected chi connectivity index (χ0v) is 28.0. The van der Waals surface area contributed by atoms with Crippen molar-refractivity contribution in [2.75, 3.05) is 0 Å². The molecule has 0 aromatic heterocycles. The smallest absolute Gasteiger partial charge is 0.309 e. The highest BCUT2D eigenvalue weighted by atomic mass is 127. The molecular formula is C37H51IO3. The van der Waals surface area contributed by atoms with Crippen molar-refractivity contribution in [1.29, 1.82) is 0 Å². The van der Waals surface area contributed by atoms with Crippen LogP contribution in [0.1, 0.15) is 104 Å². The van der Waals surface area contributed by atoms with Crippen LogP contribution in [0, 0.1) is 60.2 Å². The third kappa shape index (κ3) is 4.15. The third-order valence-electron chi connectivity index (χ3n) is 14.7. The van der Waals surface area contributed by atoms with E-state index in [1.807, 2.05) is 0 Å². The van der Waals surface area contributed by atoms with E-state index in [2.05, 4.69) is 100 Å². The monoisotopic (exact) mass is 670 g/mol. The van der Waals surface area contributed by atoms with E-state index < -0.39 is 11.4 Å². The van der Waals surface area contributed by atoms with Gasteiger partial charge in [0, 0.05) is 3.57 Å². The van der Waals surface area contributed by atoms with Gasteiger partial charge in [0.25, 0.3) is 0 Å². The van der Waals surface area contributed by atoms with Crippen LogP contribution in [0.15, 0.2) is 42.5 Å². The summed E-state index contributed by atoms with van der Waals surface area (Å²) in [5.41, 5.74) is 2.17. The summed E-state index contributed by atoms with van der Waals surface area (Å²) in [6, 6.07) is 8.51. The summed E-state index contributed by atoms with van der Waals surface area (Å²) >= 11 is 2.35. The average molecular weight is 671 g/mol. The number of hydrogen-bond acceptors (Lipinski definition) is 2. The second-order valence-electron chi connectivity index (χ2n) is 16.1. The van der Waals surface area contributed by atoms with Crippen molar-refractivity contribution in [3.05, 3.63) is 51.6 Å². The van der Waals surface area contributed by atoms with Gasteiger partial charge in [-0.1, -0.05) is 71.1 Å². The lowest BCUT2D eigenvalue weighted by Crippen LogP contribution is -2.67. The van der Waals surface area contributed by atoms with E-state index in [4.69, 9.17) is 0 Å². The van der Waals surface area contributed by atoms with Crippen LogP contribution < -0.4 is 0 Å². The van der Waals surface area contributed by atoms with E-state index in [-0.39, 0.29) is 39.6 Å². The Labute approximate surface area is 261 Å². The largest absolute Gasteiger partial charge is 0.481 e. The molecular weight excluding hydrogens is 619 g/mol. The highest BCUT2D eigenvalue weighted by Gasteiger charge is 2.72. The maximum Gasteiger partial charge on any atom is 0.309 e. The van der Waals surface area contributed by atoms with Crippen LogP contribution in [0.4, 0.5) is 0 Å². The molecule has 5 aliphatic rings. The first-order chi connectivity index (χ1) is 19.2. The molecule has 0 heterocycles. The van der Waals surface area contributed by atoms with Crippen LogP contribution in [-0.2, 0) is 4.79 Å². The van der Waals surface area contributed by atoms with Crippen LogP contribution in [0.25, 0.3) is 6.08 Å². The number of allylic oxidation sites excluding steroid dienone is 2. The van der Waals surface area contributed by atoms with E-state index in [1.54, 1.807) is 0 Å². The lowest BCUT2D eigenvalue weighted by Gasteiger charge is -2.72. The molecule has 5 saturated carbocycles. The van der Waals surface area contributed by atoms with Crippen molar-refractivity contribution >= 4 is 34.6 Å². The minimum atomic E-state index is -0.616. The Balaban J connectivity index is 1.35. The maximum atomic E-state index is 13.2. The Morgan fingerprint density at radius 2 is 1.68 bits per heavy atom. The Morgan fingerprint density at radius 1 is 0.927 bits per heavy atom. The number of benzene rings is 1. The molecule has 41 heavy (non-hydrogen) atoms. The van der Waals surface area contributed by atoms with Gasteiger partial charge in [-0.25, -0.2) is 0 Å². The van der Waals surface area contributed by atoms with Crippen molar-refractivity contribution < 1.29 is 15.0 Å². The van der Waals surface area contributed by atoms with Gasteiger partial charge >= 0.3 is 5.97 Å². The first-order valence-electron chi connectivity index (χ1n) is 16.2. The van der Waals surface area contributed by atoms with Gasteiger partial charge in [0.2, 0.25) is 0 Å². The summed E-state index contributed by atoms with van der Waals surface area (Å²) in [5.74, 6) is 1.40. The van der Waals surface area contributed by atoms with Gasteiger partial charge in [-0.15, -0.1) is 0 Å². The van der Waals surface area contributed by atoms with Crippen LogP contribution >= 0.6 is 22.6 Å². The lowest BCUT2D eigenvalue weighted by molar-refractivity contribution is -0.248. The van der Waals surface area contributed by atoms with E-state index >= 15 is 0 Å². The molecule has 0 bridgehead atoms. The number of rotatable bonds is 4. The van der Waals surface area contributed by atoms with Gasteiger partial charge in [-0.05, 0) is 156 Å². The number of aliphatic carboxylic acids is 1. The van der Waals surface area contributed by atoms with Gasteiger partial charge in [0.05, 0.1) is 11.5 Å². The normalized spacial score (nSPS) is 46.7. The van der Waals surface area contributed by atoms with Gasteiger partial charge < -0.3 is 10.2 Å². The number of carboxylic acid groups (broad SMARTS) is 1. The van der Waals surface area contributed by atoms with Gasteiger partial charge in [0.1, 0.15) is 0 Å². The van der Waals surface area contributed by atoms with Crippen molar-refractivity contribution in [2.45, 2.75) is 105 Å². The summed E-state index contributed by atoms with van der Waals surface area (Å²) in [4.78, 5) is 13.2. The molecule has 5 aliphatic carbocycles. The lowest BCUT2D eigenvalue weighted by atomic mass is 9.32. The fourth-order valence-corrected chi connectivity index (χ4v) is 12.9. The second-order valence-corrected chi connectivity index (χ2v) is 17.4. The quantitative estimate of drug-likeness (QED) is 0.248. The third-order valence-corrected chi connectivity index (χ3v) is 15.3. The average Bonchev–Trinajstić information content (AvgIpc) is 3.31. The SMILES string of the molecule is C=C(/C=C/c1cccc(I)c1)[C@@H]1CC[C@]2(C(=O)O)CC[C@]3(C)[C@H](CC[C@@H]4[C@@]5(C)CC[C@H](O)C(C)(C)[C@@H]5CC[C@]43C)[C@@H]12. The number of carboxylic acids is 1. The highest BCUT2D eigenvalue weighted by molar-refractivity contribution is 14.1. The van der Waals surface area contributed by atoms with Gasteiger partial charge in [-0.2, -0.15) is 0 Å². The van der Waals surface area contributed by atoms with E-state index in [9.17, 15) is 15.0 Å². The first-order valence-corrected chi connectivity index (χ1v) is 17.3. The Hall–Kier alpha value is -1.14. The predicted molar refractivity (Wildman–Crippen MR) is 175 cm³/mol. The minimum Gasteiger partial charge on any atom is -0.481 e. The van der Waals surface area contributed by atoms with E-state index in [0.29, 0.717) is 17.8 Å². The summed E-state index contributed by atoms with van der Waals surface area (Å²) in [5, 5.41) is 21.8. The fraction of sp³-hybridized carbons (Fsp3) is 0.703. The van der Waals surface area contributed by atoms with Gasteiger partial charge in [0.15, 0.2) is 0 Å². The predicted octanol–water partition coefficient (Wildman–Crippen LogP) is 9.39. The van der Waals surface area contributed by atoms with Crippen molar-refractivity contribution in [2.24, 2.45) is 56.7 Å². The first kappa shape index (κ1) is 29.9. The number of fused-ring (bicyclic) bond motifs is 7. The Bertz CT molecular complexity index is 1270. The van der Waals surface area contributed by atoms with Crippen LogP contribution in [0.2, 0.25) is 0 Å². The number of hydrogen-bond donors (Lipinski definition) is 2. The fourth-order valence-electron chi connectivity index (χ4n) is 12.3. The Morgan fingerprint density at radius 3 is 2.39 bits per heavy atom. The molecule has 1 aromatic rings. The molecule has 0 aliphatic heterocycles. The van der Waals surface area contributed by atoms with Crippen molar-refractivity contribution in [1.82, 2.24) is 0 Å². The number of halogens is 1. The standard InChI is InChI=1S/C37H51IO3/c1-23(10-11-24-8-7-9-25(38)22-24)26-14-19-37(32(40)41)21-20-35(5)27(31(26)37)12-13-29-34(4)17-16-30(39)33(2,3)28(34)15-18-36(29,35)6/h7-11,22,26-31,39H,1,12-21H2,2-6H3,(H,40,41)/b11-10+/t26-,27+,28-,29+,30-,31+,34-,35+,36+,37-/m0/s1. The Kier molecular flexibility index (Phi) is 7.25. The molecule has 0 amide bonds. The van der Waals surface area contributed by atoms with Crippen LogP contribution in [0.5, 0.6) is 0 Å². The zero-order chi connectivity index (χ0) is 29.6. The molecule has 0 saturated heterocycles. The second kappa shape index (κ2) is 9.94. The number of aliphatic hydroxyl groups is 1. The minimum absolute atomic E-state index is 0.0471. The maximum absolute atomic E-state index is 13.2. The van der Waals surface area contributed by atoms with Gasteiger partial charge in [-0.3, -0.25) is 4.79 Å². The summed E-state index contributed by atoms with van der Waals surface area (Å²) in [6.07, 6.45) is 14.4. The van der Waals surface area contributed by atoms with Crippen LogP contribution in [0.3, 0.4) is 0 Å². The zero-order valence-electron chi connectivity index (χ0n) is 25.9. The molecule has 3 nitrogen and oxygen atoms in total. The molecule has 1 aromatic carbocycles. The van der Waals surface area contributed by atoms with Crippen molar-refractivity contribution in [3.8, 4) is 0 Å². The number of carbonyl (C=O) groups is 1. The summed E-state index contributed by atoms with van der Waals surface area (Å²) < 4.78 is 1.22. The van der Waals surface area contributed by atoms with Crippen molar-refractivity contribution in [3.63, 3.8) is 0 Å².